The molecule has 0 atom stereocenters. The van der Waals surface area contributed by atoms with Gasteiger partial charge in [-0.2, -0.15) is 0 Å². The molecular formula is C14H18Cl2N2O4. The SMILES string of the molecule is COc1cc(Cl)c(Cl)cc1NC(=O)NC(C)(C)CCC(=O)O. The van der Waals surface area contributed by atoms with Crippen LogP contribution in [0, 0.1) is 0 Å². The van der Waals surface area contributed by atoms with Gasteiger partial charge in [0.15, 0.2) is 0 Å². The van der Waals surface area contributed by atoms with E-state index < -0.39 is 17.5 Å². The summed E-state index contributed by atoms with van der Waals surface area (Å²) in [6, 6.07) is 2.48. The normalized spacial score (nSPS) is 11.0. The number of amides is 2. The van der Waals surface area contributed by atoms with Crippen LogP contribution in [0.3, 0.4) is 0 Å². The summed E-state index contributed by atoms with van der Waals surface area (Å²) in [5, 5.41) is 14.6. The van der Waals surface area contributed by atoms with Crippen LogP contribution in [0.1, 0.15) is 26.7 Å². The molecule has 0 saturated heterocycles. The van der Waals surface area contributed by atoms with E-state index in [2.05, 4.69) is 10.6 Å². The zero-order chi connectivity index (χ0) is 16.9. The maximum absolute atomic E-state index is 12.0. The Morgan fingerprint density at radius 3 is 2.41 bits per heavy atom. The number of benzene rings is 1. The lowest BCUT2D eigenvalue weighted by Crippen LogP contribution is -2.45. The molecule has 0 unspecified atom stereocenters. The van der Waals surface area contributed by atoms with Crippen molar-refractivity contribution in [3.63, 3.8) is 0 Å². The maximum atomic E-state index is 12.0. The second kappa shape index (κ2) is 7.56. The van der Waals surface area contributed by atoms with Gasteiger partial charge in [-0.05, 0) is 26.3 Å². The number of urea groups is 1. The molecule has 0 aliphatic rings. The van der Waals surface area contributed by atoms with Crippen LogP contribution in [0.5, 0.6) is 5.75 Å². The first-order valence-corrected chi connectivity index (χ1v) is 7.24. The van der Waals surface area contributed by atoms with Crippen molar-refractivity contribution in [1.82, 2.24) is 5.32 Å². The highest BCUT2D eigenvalue weighted by molar-refractivity contribution is 6.42. The van der Waals surface area contributed by atoms with Crippen LogP contribution in [0.4, 0.5) is 10.5 Å². The monoisotopic (exact) mass is 348 g/mol. The van der Waals surface area contributed by atoms with Crippen molar-refractivity contribution in [2.24, 2.45) is 0 Å². The van der Waals surface area contributed by atoms with Crippen molar-refractivity contribution >= 4 is 40.9 Å². The zero-order valence-corrected chi connectivity index (χ0v) is 14.0. The van der Waals surface area contributed by atoms with Gasteiger partial charge < -0.3 is 20.5 Å². The number of methoxy groups -OCH3 is 1. The molecule has 0 aliphatic heterocycles. The smallest absolute Gasteiger partial charge is 0.319 e. The van der Waals surface area contributed by atoms with Gasteiger partial charge in [-0.25, -0.2) is 4.79 Å². The summed E-state index contributed by atoms with van der Waals surface area (Å²) in [5.41, 5.74) is -0.310. The summed E-state index contributed by atoms with van der Waals surface area (Å²) in [6.07, 6.45) is 0.262. The highest BCUT2D eigenvalue weighted by Crippen LogP contribution is 2.34. The van der Waals surface area contributed by atoms with Crippen molar-refractivity contribution in [3.05, 3.63) is 22.2 Å². The van der Waals surface area contributed by atoms with Gasteiger partial charge in [-0.15, -0.1) is 0 Å². The summed E-state index contributed by atoms with van der Waals surface area (Å²) >= 11 is 11.8. The highest BCUT2D eigenvalue weighted by atomic mass is 35.5. The van der Waals surface area contributed by atoms with E-state index in [4.69, 9.17) is 33.0 Å². The Hall–Kier alpha value is -1.66. The Bertz CT molecular complexity index is 576. The van der Waals surface area contributed by atoms with Crippen molar-refractivity contribution in [1.29, 1.82) is 0 Å². The molecule has 0 fully saturated rings. The molecule has 22 heavy (non-hydrogen) atoms. The van der Waals surface area contributed by atoms with Crippen molar-refractivity contribution in [3.8, 4) is 5.75 Å². The van der Waals surface area contributed by atoms with Crippen molar-refractivity contribution in [2.75, 3.05) is 12.4 Å². The second-order valence-electron chi connectivity index (χ2n) is 5.32. The molecule has 0 radical (unpaired) electrons. The Balaban J connectivity index is 2.76. The number of nitrogens with one attached hydrogen (secondary N) is 2. The Morgan fingerprint density at radius 1 is 1.27 bits per heavy atom. The van der Waals surface area contributed by atoms with Crippen LogP contribution in [0.15, 0.2) is 12.1 Å². The Labute approximate surface area is 138 Å². The van der Waals surface area contributed by atoms with E-state index in [-0.39, 0.29) is 11.4 Å². The fraction of sp³-hybridized carbons (Fsp3) is 0.429. The standard InChI is InChI=1S/C14H18Cl2N2O4/c1-14(2,5-4-12(19)20)18-13(21)17-10-6-8(15)9(16)7-11(10)22-3/h6-7H,4-5H2,1-3H3,(H,19,20)(H2,17,18,21). The number of carboxylic acids is 1. The second-order valence-corrected chi connectivity index (χ2v) is 6.14. The molecule has 122 valence electrons. The summed E-state index contributed by atoms with van der Waals surface area (Å²) < 4.78 is 5.13. The van der Waals surface area contributed by atoms with Gasteiger partial charge in [0, 0.05) is 18.0 Å². The van der Waals surface area contributed by atoms with Crippen LogP contribution in [0.2, 0.25) is 10.0 Å². The number of hydrogen-bond donors (Lipinski definition) is 3. The summed E-state index contributed by atoms with van der Waals surface area (Å²) in [4.78, 5) is 22.6. The number of carbonyl (C=O) groups is 2. The first-order chi connectivity index (χ1) is 10.1. The Morgan fingerprint density at radius 2 is 1.86 bits per heavy atom. The van der Waals surface area contributed by atoms with Gasteiger partial charge in [0.25, 0.3) is 0 Å². The van der Waals surface area contributed by atoms with Crippen LogP contribution < -0.4 is 15.4 Å². The molecule has 6 nitrogen and oxygen atoms in total. The largest absolute Gasteiger partial charge is 0.495 e. The topological polar surface area (TPSA) is 87.7 Å². The van der Waals surface area contributed by atoms with E-state index in [9.17, 15) is 9.59 Å². The first-order valence-electron chi connectivity index (χ1n) is 6.48. The number of carboxylic acid groups (broad SMARTS) is 1. The molecule has 1 aromatic carbocycles. The molecule has 0 aliphatic carbocycles. The molecule has 0 spiro atoms. The van der Waals surface area contributed by atoms with E-state index in [0.717, 1.165) is 0 Å². The summed E-state index contributed by atoms with van der Waals surface area (Å²) in [7, 11) is 1.44. The predicted octanol–water partition coefficient (Wildman–Crippen LogP) is 3.77. The van der Waals surface area contributed by atoms with Crippen LogP contribution in [-0.2, 0) is 4.79 Å². The molecule has 1 aromatic rings. The van der Waals surface area contributed by atoms with E-state index in [1.807, 2.05) is 0 Å². The van der Waals surface area contributed by atoms with Crippen LogP contribution in [0.25, 0.3) is 0 Å². The average Bonchev–Trinajstić information content (AvgIpc) is 2.40. The minimum atomic E-state index is -0.915. The number of carbonyl (C=O) groups excluding carboxylic acids is 1. The molecule has 3 N–H and O–H groups in total. The van der Waals surface area contributed by atoms with E-state index in [1.54, 1.807) is 13.8 Å². The molecule has 0 saturated carbocycles. The third-order valence-electron chi connectivity index (χ3n) is 2.91. The molecule has 1 rings (SSSR count). The minimum Gasteiger partial charge on any atom is -0.495 e. The van der Waals surface area contributed by atoms with Gasteiger partial charge in [0.05, 0.1) is 22.8 Å². The minimum absolute atomic E-state index is 0.0383. The van der Waals surface area contributed by atoms with E-state index >= 15 is 0 Å². The summed E-state index contributed by atoms with van der Waals surface area (Å²) in [6.45, 7) is 3.48. The average molecular weight is 349 g/mol. The third kappa shape index (κ3) is 5.61. The predicted molar refractivity (Wildman–Crippen MR) is 86.1 cm³/mol. The number of anilines is 1. The van der Waals surface area contributed by atoms with E-state index in [1.165, 1.54) is 19.2 Å². The maximum Gasteiger partial charge on any atom is 0.319 e. The molecule has 8 heteroatoms. The lowest BCUT2D eigenvalue weighted by molar-refractivity contribution is -0.137. The molecule has 0 aromatic heterocycles. The number of ether oxygens (including phenoxy) is 1. The van der Waals surface area contributed by atoms with Gasteiger partial charge in [0.2, 0.25) is 0 Å². The van der Waals surface area contributed by atoms with Gasteiger partial charge >= 0.3 is 12.0 Å². The fourth-order valence-electron chi connectivity index (χ4n) is 1.74. The number of rotatable bonds is 6. The highest BCUT2D eigenvalue weighted by Gasteiger charge is 2.22. The van der Waals surface area contributed by atoms with E-state index in [0.29, 0.717) is 22.9 Å². The van der Waals surface area contributed by atoms with Gasteiger partial charge in [-0.1, -0.05) is 23.2 Å². The molecule has 0 bridgehead atoms. The number of halogens is 2. The van der Waals surface area contributed by atoms with Gasteiger partial charge in [-0.3, -0.25) is 4.79 Å². The number of aliphatic carboxylic acids is 1. The van der Waals surface area contributed by atoms with Gasteiger partial charge in [0.1, 0.15) is 5.75 Å². The molecule has 0 heterocycles. The number of hydrogen-bond acceptors (Lipinski definition) is 3. The quantitative estimate of drug-likeness (QED) is 0.730. The summed E-state index contributed by atoms with van der Waals surface area (Å²) in [5.74, 6) is -0.547. The third-order valence-corrected chi connectivity index (χ3v) is 3.63. The Kier molecular flexibility index (Phi) is 6.32. The lowest BCUT2D eigenvalue weighted by atomic mass is 9.99. The van der Waals surface area contributed by atoms with Crippen molar-refractivity contribution < 1.29 is 19.4 Å². The molecule has 2 amide bonds. The zero-order valence-electron chi connectivity index (χ0n) is 12.5. The van der Waals surface area contributed by atoms with Crippen LogP contribution in [-0.4, -0.2) is 29.8 Å². The lowest BCUT2D eigenvalue weighted by Gasteiger charge is -2.26. The fourth-order valence-corrected chi connectivity index (χ4v) is 2.06. The molecular weight excluding hydrogens is 331 g/mol. The first kappa shape index (κ1) is 18.4. The van der Waals surface area contributed by atoms with Crippen LogP contribution >= 0.6 is 23.2 Å². The van der Waals surface area contributed by atoms with Crippen molar-refractivity contribution in [2.45, 2.75) is 32.2 Å².